The third-order valence-electron chi connectivity index (χ3n) is 3.43. The van der Waals surface area contributed by atoms with Crippen LogP contribution in [0, 0.1) is 5.92 Å². The van der Waals surface area contributed by atoms with Gasteiger partial charge in [-0.2, -0.15) is 0 Å². The van der Waals surface area contributed by atoms with E-state index in [1.807, 2.05) is 6.92 Å². The van der Waals surface area contributed by atoms with Crippen molar-refractivity contribution in [3.05, 3.63) is 17.8 Å². The number of piperidine rings is 1. The number of hydrogen-bond acceptors (Lipinski definition) is 4. The highest BCUT2D eigenvalue weighted by atomic mass is 16.3. The zero-order valence-electron chi connectivity index (χ0n) is 10.9. The maximum atomic E-state index is 5.75. The van der Waals surface area contributed by atoms with Crippen LogP contribution in [0.5, 0.6) is 0 Å². The summed E-state index contributed by atoms with van der Waals surface area (Å²) in [6.07, 6.45) is 6.04. The smallest absolute Gasteiger partial charge is 0.194 e. The lowest BCUT2D eigenvalue weighted by Gasteiger charge is -2.28. The van der Waals surface area contributed by atoms with Crippen molar-refractivity contribution >= 4 is 0 Å². The first-order valence-corrected chi connectivity index (χ1v) is 6.51. The first-order valence-electron chi connectivity index (χ1n) is 6.51. The minimum Gasteiger partial charge on any atom is -0.449 e. The highest BCUT2D eigenvalue weighted by Gasteiger charge is 2.19. The number of nitrogens with zero attached hydrogens (tertiary/aromatic N) is 2. The zero-order valence-corrected chi connectivity index (χ0v) is 10.9. The average Bonchev–Trinajstić information content (AvgIpc) is 2.68. The highest BCUT2D eigenvalue weighted by molar-refractivity contribution is 4.99. The van der Waals surface area contributed by atoms with Gasteiger partial charge in [0.2, 0.25) is 0 Å². The van der Waals surface area contributed by atoms with E-state index in [1.165, 1.54) is 25.9 Å². The molecule has 0 bridgehead atoms. The SMILES string of the molecule is CC(N)Cc1coc(CC2CCN(C)CC2)n1. The van der Waals surface area contributed by atoms with Gasteiger partial charge in [0.25, 0.3) is 0 Å². The highest BCUT2D eigenvalue weighted by Crippen LogP contribution is 2.20. The molecule has 2 rings (SSSR count). The van der Waals surface area contributed by atoms with Gasteiger partial charge in [-0.15, -0.1) is 0 Å². The molecule has 2 heterocycles. The Balaban J connectivity index is 1.84. The van der Waals surface area contributed by atoms with Crippen LogP contribution in [0.3, 0.4) is 0 Å². The van der Waals surface area contributed by atoms with Crippen LogP contribution in [0.1, 0.15) is 31.4 Å². The van der Waals surface area contributed by atoms with E-state index in [9.17, 15) is 0 Å². The first kappa shape index (κ1) is 12.6. The predicted molar refractivity (Wildman–Crippen MR) is 67.8 cm³/mol. The van der Waals surface area contributed by atoms with E-state index in [2.05, 4.69) is 16.9 Å². The molecule has 2 N–H and O–H groups in total. The van der Waals surface area contributed by atoms with Crippen molar-refractivity contribution in [2.45, 2.75) is 38.6 Å². The minimum absolute atomic E-state index is 0.149. The van der Waals surface area contributed by atoms with E-state index in [0.29, 0.717) is 0 Å². The Hall–Kier alpha value is -0.870. The van der Waals surface area contributed by atoms with Crippen molar-refractivity contribution < 1.29 is 4.42 Å². The number of likely N-dealkylation sites (tertiary alicyclic amines) is 1. The minimum atomic E-state index is 0.149. The normalized spacial score (nSPS) is 20.6. The molecule has 4 heteroatoms. The van der Waals surface area contributed by atoms with Crippen molar-refractivity contribution in [1.82, 2.24) is 9.88 Å². The summed E-state index contributed by atoms with van der Waals surface area (Å²) in [5.74, 6) is 1.61. The lowest BCUT2D eigenvalue weighted by atomic mass is 9.94. The molecule has 1 atom stereocenters. The fourth-order valence-corrected chi connectivity index (χ4v) is 2.38. The zero-order chi connectivity index (χ0) is 12.3. The molecule has 96 valence electrons. The third-order valence-corrected chi connectivity index (χ3v) is 3.43. The third kappa shape index (κ3) is 3.82. The quantitative estimate of drug-likeness (QED) is 0.861. The summed E-state index contributed by atoms with van der Waals surface area (Å²) in [7, 11) is 2.18. The fraction of sp³-hybridized carbons (Fsp3) is 0.769. The molecule has 0 amide bonds. The number of oxazole rings is 1. The van der Waals surface area contributed by atoms with Crippen molar-refractivity contribution in [2.75, 3.05) is 20.1 Å². The summed E-state index contributed by atoms with van der Waals surface area (Å²) in [4.78, 5) is 6.89. The summed E-state index contributed by atoms with van der Waals surface area (Å²) < 4.78 is 5.51. The molecule has 17 heavy (non-hydrogen) atoms. The van der Waals surface area contributed by atoms with E-state index >= 15 is 0 Å². The van der Waals surface area contributed by atoms with Gasteiger partial charge >= 0.3 is 0 Å². The largest absolute Gasteiger partial charge is 0.449 e. The second-order valence-electron chi connectivity index (χ2n) is 5.36. The molecule has 1 saturated heterocycles. The molecule has 0 saturated carbocycles. The predicted octanol–water partition coefficient (Wildman–Crippen LogP) is 1.45. The van der Waals surface area contributed by atoms with Gasteiger partial charge in [0.05, 0.1) is 5.69 Å². The molecule has 0 aromatic carbocycles. The summed E-state index contributed by atoms with van der Waals surface area (Å²) in [5.41, 5.74) is 6.73. The van der Waals surface area contributed by atoms with Crippen LogP contribution in [0.25, 0.3) is 0 Å². The Morgan fingerprint density at radius 1 is 1.53 bits per heavy atom. The van der Waals surface area contributed by atoms with Crippen molar-refractivity contribution in [3.63, 3.8) is 0 Å². The van der Waals surface area contributed by atoms with Crippen LogP contribution < -0.4 is 5.73 Å². The van der Waals surface area contributed by atoms with E-state index < -0.39 is 0 Å². The summed E-state index contributed by atoms with van der Waals surface area (Å²) >= 11 is 0. The van der Waals surface area contributed by atoms with Crippen molar-refractivity contribution in [3.8, 4) is 0 Å². The van der Waals surface area contributed by atoms with Crippen LogP contribution in [-0.4, -0.2) is 36.1 Å². The lowest BCUT2D eigenvalue weighted by molar-refractivity contribution is 0.212. The summed E-state index contributed by atoms with van der Waals surface area (Å²) in [6.45, 7) is 4.38. The van der Waals surface area contributed by atoms with Crippen LogP contribution in [-0.2, 0) is 12.8 Å². The topological polar surface area (TPSA) is 55.3 Å². The molecular formula is C13H23N3O. The van der Waals surface area contributed by atoms with Gasteiger partial charge in [0.15, 0.2) is 5.89 Å². The molecule has 1 aromatic heterocycles. The van der Waals surface area contributed by atoms with Gasteiger partial charge in [0, 0.05) is 18.9 Å². The van der Waals surface area contributed by atoms with Crippen molar-refractivity contribution in [2.24, 2.45) is 11.7 Å². The molecule has 1 unspecified atom stereocenters. The van der Waals surface area contributed by atoms with Crippen LogP contribution in [0.4, 0.5) is 0 Å². The number of rotatable bonds is 4. The first-order chi connectivity index (χ1) is 8.13. The number of nitrogens with two attached hydrogens (primary N) is 1. The molecule has 1 aliphatic heterocycles. The average molecular weight is 237 g/mol. The van der Waals surface area contributed by atoms with Gasteiger partial charge in [0.1, 0.15) is 6.26 Å². The van der Waals surface area contributed by atoms with E-state index in [0.717, 1.165) is 30.3 Å². The van der Waals surface area contributed by atoms with Crippen molar-refractivity contribution in [1.29, 1.82) is 0 Å². The van der Waals surface area contributed by atoms with Gasteiger partial charge in [-0.3, -0.25) is 0 Å². The lowest BCUT2D eigenvalue weighted by Crippen LogP contribution is -2.31. The monoisotopic (exact) mass is 237 g/mol. The van der Waals surface area contributed by atoms with Gasteiger partial charge in [-0.05, 0) is 45.8 Å². The molecule has 1 fully saturated rings. The molecule has 4 nitrogen and oxygen atoms in total. The number of hydrogen-bond donors (Lipinski definition) is 1. The molecule has 1 aliphatic rings. The van der Waals surface area contributed by atoms with Crippen LogP contribution >= 0.6 is 0 Å². The van der Waals surface area contributed by atoms with E-state index in [1.54, 1.807) is 6.26 Å². The summed E-state index contributed by atoms with van der Waals surface area (Å²) in [5, 5.41) is 0. The Bertz CT molecular complexity index is 340. The number of aromatic nitrogens is 1. The summed E-state index contributed by atoms with van der Waals surface area (Å²) in [6, 6.07) is 0.149. The maximum absolute atomic E-state index is 5.75. The van der Waals surface area contributed by atoms with E-state index in [-0.39, 0.29) is 6.04 Å². The molecular weight excluding hydrogens is 214 g/mol. The molecule has 0 radical (unpaired) electrons. The molecule has 1 aromatic rings. The fourth-order valence-electron chi connectivity index (χ4n) is 2.38. The second kappa shape index (κ2) is 5.65. The Labute approximate surface area is 103 Å². The van der Waals surface area contributed by atoms with Gasteiger partial charge < -0.3 is 15.1 Å². The van der Waals surface area contributed by atoms with E-state index in [4.69, 9.17) is 10.2 Å². The maximum Gasteiger partial charge on any atom is 0.194 e. The van der Waals surface area contributed by atoms with Gasteiger partial charge in [-0.1, -0.05) is 0 Å². The van der Waals surface area contributed by atoms with Gasteiger partial charge in [-0.25, -0.2) is 4.98 Å². The Morgan fingerprint density at radius 2 is 2.24 bits per heavy atom. The standard InChI is InChI=1S/C13H23N3O/c1-10(14)7-12-9-17-13(15-12)8-11-3-5-16(2)6-4-11/h9-11H,3-8,14H2,1-2H3. The molecule has 0 aliphatic carbocycles. The molecule has 0 spiro atoms. The van der Waals surface area contributed by atoms with Crippen LogP contribution in [0.15, 0.2) is 10.7 Å². The van der Waals surface area contributed by atoms with Crippen LogP contribution in [0.2, 0.25) is 0 Å². The Kier molecular flexibility index (Phi) is 4.18. The second-order valence-corrected chi connectivity index (χ2v) is 5.36. The Morgan fingerprint density at radius 3 is 2.88 bits per heavy atom.